The van der Waals surface area contributed by atoms with Gasteiger partial charge in [-0.05, 0) is 41.7 Å². The number of fused-ring (bicyclic) bond motifs is 3. The normalized spacial score (nSPS) is 11.6. The Kier molecular flexibility index (Phi) is 6.63. The summed E-state index contributed by atoms with van der Waals surface area (Å²) in [7, 11) is 0. The third-order valence-corrected chi connectivity index (χ3v) is 8.07. The van der Waals surface area contributed by atoms with Crippen LogP contribution < -0.4 is 5.32 Å². The SMILES string of the molecule is N#Cc1ccc(-c2ccccc2)nc1SCCC(=O)Nc1sc2c(c1C#N)CCc1ccccc1-2. The molecule has 0 aliphatic heterocycles. The van der Waals surface area contributed by atoms with Crippen molar-refractivity contribution >= 4 is 34.0 Å². The van der Waals surface area contributed by atoms with Crippen LogP contribution in [0.3, 0.4) is 0 Å². The van der Waals surface area contributed by atoms with Gasteiger partial charge >= 0.3 is 0 Å². The third kappa shape index (κ3) is 4.70. The third-order valence-electron chi connectivity index (χ3n) is 5.90. The maximum absolute atomic E-state index is 12.8. The molecule has 5 nitrogen and oxygen atoms in total. The number of carbonyl (C=O) groups is 1. The molecule has 5 rings (SSSR count). The molecule has 0 saturated heterocycles. The monoisotopic (exact) mass is 492 g/mol. The van der Waals surface area contributed by atoms with E-state index < -0.39 is 0 Å². The summed E-state index contributed by atoms with van der Waals surface area (Å²) in [6.07, 6.45) is 1.95. The molecule has 0 spiro atoms. The van der Waals surface area contributed by atoms with Crippen molar-refractivity contribution in [2.24, 2.45) is 0 Å². The number of benzene rings is 2. The molecule has 35 heavy (non-hydrogen) atoms. The minimum atomic E-state index is -0.154. The molecule has 0 bridgehead atoms. The van der Waals surface area contributed by atoms with Crippen molar-refractivity contribution in [3.05, 3.63) is 89.0 Å². The number of aryl methyl sites for hydroxylation is 1. The van der Waals surface area contributed by atoms with Gasteiger partial charge in [0.2, 0.25) is 5.91 Å². The van der Waals surface area contributed by atoms with Gasteiger partial charge in [-0.3, -0.25) is 4.79 Å². The van der Waals surface area contributed by atoms with Crippen LogP contribution in [0.15, 0.2) is 71.8 Å². The van der Waals surface area contributed by atoms with Crippen molar-refractivity contribution < 1.29 is 4.79 Å². The summed E-state index contributed by atoms with van der Waals surface area (Å²) in [6.45, 7) is 0. The highest BCUT2D eigenvalue weighted by molar-refractivity contribution is 7.99. The summed E-state index contributed by atoms with van der Waals surface area (Å²) in [5.74, 6) is 0.320. The van der Waals surface area contributed by atoms with E-state index in [0.717, 1.165) is 40.1 Å². The molecule has 0 fully saturated rings. The molecular formula is C28H20N4OS2. The first-order valence-electron chi connectivity index (χ1n) is 11.2. The summed E-state index contributed by atoms with van der Waals surface area (Å²) in [5.41, 5.74) is 6.29. The number of nitriles is 2. The van der Waals surface area contributed by atoms with Gasteiger partial charge < -0.3 is 5.32 Å². The zero-order chi connectivity index (χ0) is 24.2. The summed E-state index contributed by atoms with van der Waals surface area (Å²) >= 11 is 2.87. The first-order valence-corrected chi connectivity index (χ1v) is 13.0. The van der Waals surface area contributed by atoms with Crippen molar-refractivity contribution in [2.75, 3.05) is 11.1 Å². The van der Waals surface area contributed by atoms with E-state index in [1.807, 2.05) is 48.5 Å². The van der Waals surface area contributed by atoms with Gasteiger partial charge in [-0.15, -0.1) is 23.1 Å². The molecule has 1 aliphatic rings. The van der Waals surface area contributed by atoms with Gasteiger partial charge in [0.25, 0.3) is 0 Å². The number of anilines is 1. The molecule has 2 heterocycles. The molecule has 7 heteroatoms. The standard InChI is InChI=1S/C28H20N4OS2/c29-16-20-11-13-24(19-7-2-1-3-8-19)31-27(20)34-15-14-25(33)32-28-23(17-30)22-12-10-18-6-4-5-9-21(18)26(22)35-28/h1-9,11,13H,10,12,14-15H2,(H,32,33). The molecule has 0 unspecified atom stereocenters. The summed E-state index contributed by atoms with van der Waals surface area (Å²) < 4.78 is 0. The van der Waals surface area contributed by atoms with Crippen molar-refractivity contribution in [3.8, 4) is 33.8 Å². The van der Waals surface area contributed by atoms with E-state index in [2.05, 4.69) is 34.6 Å². The zero-order valence-corrected chi connectivity index (χ0v) is 20.4. The first kappa shape index (κ1) is 22.9. The number of hydrogen-bond donors (Lipinski definition) is 1. The van der Waals surface area contributed by atoms with Gasteiger partial charge in [0.1, 0.15) is 22.2 Å². The molecule has 0 atom stereocenters. The summed E-state index contributed by atoms with van der Waals surface area (Å²) in [6, 6.07) is 26.1. The number of amides is 1. The second-order valence-corrected chi connectivity index (χ2v) is 10.2. The van der Waals surface area contributed by atoms with E-state index in [0.29, 0.717) is 26.9 Å². The van der Waals surface area contributed by atoms with Crippen LogP contribution in [0.25, 0.3) is 21.7 Å². The van der Waals surface area contributed by atoms with Gasteiger partial charge in [-0.2, -0.15) is 10.5 Å². The van der Waals surface area contributed by atoms with Crippen molar-refractivity contribution in [3.63, 3.8) is 0 Å². The molecule has 1 aliphatic carbocycles. The number of carbonyl (C=O) groups excluding carboxylic acids is 1. The maximum Gasteiger partial charge on any atom is 0.225 e. The van der Waals surface area contributed by atoms with Crippen LogP contribution in [0.1, 0.15) is 28.7 Å². The van der Waals surface area contributed by atoms with E-state index in [1.165, 1.54) is 28.7 Å². The molecule has 0 saturated carbocycles. The number of thioether (sulfide) groups is 1. The first-order chi connectivity index (χ1) is 17.2. The van der Waals surface area contributed by atoms with Gasteiger partial charge in [0.05, 0.1) is 16.8 Å². The number of nitrogens with one attached hydrogen (secondary N) is 1. The number of thiophene rings is 1. The molecule has 2 aromatic heterocycles. The molecule has 4 aromatic rings. The van der Waals surface area contributed by atoms with Crippen LogP contribution in [0, 0.1) is 22.7 Å². The Bertz CT molecular complexity index is 1500. The lowest BCUT2D eigenvalue weighted by Gasteiger charge is -2.15. The molecule has 2 aromatic carbocycles. The quantitative estimate of drug-likeness (QED) is 0.313. The number of pyridine rings is 1. The number of hydrogen-bond acceptors (Lipinski definition) is 6. The van der Waals surface area contributed by atoms with E-state index >= 15 is 0 Å². The smallest absolute Gasteiger partial charge is 0.225 e. The average molecular weight is 493 g/mol. The Labute approximate surface area is 212 Å². The zero-order valence-electron chi connectivity index (χ0n) is 18.7. The van der Waals surface area contributed by atoms with Gasteiger partial charge in [0, 0.05) is 22.6 Å². The van der Waals surface area contributed by atoms with Gasteiger partial charge in [-0.1, -0.05) is 54.6 Å². The highest BCUT2D eigenvalue weighted by Gasteiger charge is 2.25. The highest BCUT2D eigenvalue weighted by Crippen LogP contribution is 2.44. The van der Waals surface area contributed by atoms with E-state index in [1.54, 1.807) is 6.07 Å². The van der Waals surface area contributed by atoms with Gasteiger partial charge in [0.15, 0.2) is 0 Å². The van der Waals surface area contributed by atoms with E-state index in [-0.39, 0.29) is 12.3 Å². The van der Waals surface area contributed by atoms with Crippen LogP contribution in [0.5, 0.6) is 0 Å². The second-order valence-electron chi connectivity index (χ2n) is 8.06. The fraction of sp³-hybridized carbons (Fsp3) is 0.143. The average Bonchev–Trinajstić information content (AvgIpc) is 3.26. The Morgan fingerprint density at radius 2 is 1.80 bits per heavy atom. The lowest BCUT2D eigenvalue weighted by atomic mass is 9.90. The Morgan fingerprint density at radius 1 is 1.00 bits per heavy atom. The summed E-state index contributed by atoms with van der Waals surface area (Å²) in [5, 5.41) is 23.5. The number of nitrogens with zero attached hydrogens (tertiary/aromatic N) is 3. The molecule has 170 valence electrons. The Hall–Kier alpha value is -3.91. The predicted octanol–water partition coefficient (Wildman–Crippen LogP) is 6.44. The lowest BCUT2D eigenvalue weighted by Crippen LogP contribution is -2.12. The molecular weight excluding hydrogens is 472 g/mol. The van der Waals surface area contributed by atoms with Crippen LogP contribution in [-0.2, 0) is 17.6 Å². The van der Waals surface area contributed by atoms with Crippen LogP contribution in [0.4, 0.5) is 5.00 Å². The molecule has 1 N–H and O–H groups in total. The Balaban J connectivity index is 1.28. The van der Waals surface area contributed by atoms with Crippen LogP contribution >= 0.6 is 23.1 Å². The van der Waals surface area contributed by atoms with Crippen molar-refractivity contribution in [2.45, 2.75) is 24.3 Å². The second kappa shape index (κ2) is 10.1. The predicted molar refractivity (Wildman–Crippen MR) is 140 cm³/mol. The Morgan fingerprint density at radius 3 is 2.60 bits per heavy atom. The topological polar surface area (TPSA) is 89.6 Å². The number of aromatic nitrogens is 1. The lowest BCUT2D eigenvalue weighted by molar-refractivity contribution is -0.115. The van der Waals surface area contributed by atoms with Crippen LogP contribution in [-0.4, -0.2) is 16.6 Å². The fourth-order valence-electron chi connectivity index (χ4n) is 4.18. The highest BCUT2D eigenvalue weighted by atomic mass is 32.2. The summed E-state index contributed by atoms with van der Waals surface area (Å²) in [4.78, 5) is 18.5. The van der Waals surface area contributed by atoms with Gasteiger partial charge in [-0.25, -0.2) is 4.98 Å². The van der Waals surface area contributed by atoms with E-state index in [9.17, 15) is 15.3 Å². The van der Waals surface area contributed by atoms with Crippen LogP contribution in [0.2, 0.25) is 0 Å². The minimum Gasteiger partial charge on any atom is -0.317 e. The fourth-order valence-corrected chi connectivity index (χ4v) is 6.37. The molecule has 1 amide bonds. The maximum atomic E-state index is 12.8. The van der Waals surface area contributed by atoms with Crippen molar-refractivity contribution in [1.29, 1.82) is 10.5 Å². The number of rotatable bonds is 6. The largest absolute Gasteiger partial charge is 0.317 e. The molecule has 0 radical (unpaired) electrons. The minimum absolute atomic E-state index is 0.154. The van der Waals surface area contributed by atoms with Crippen molar-refractivity contribution in [1.82, 2.24) is 4.98 Å². The van der Waals surface area contributed by atoms with E-state index in [4.69, 9.17) is 0 Å².